The van der Waals surface area contributed by atoms with Gasteiger partial charge in [0.15, 0.2) is 5.06 Å². The number of ether oxygens (including phenoxy) is 1. The van der Waals surface area contributed by atoms with E-state index in [0.717, 1.165) is 29.7 Å². The number of hydrogen-bond donors (Lipinski definition) is 2. The van der Waals surface area contributed by atoms with Crippen molar-refractivity contribution >= 4 is 46.5 Å². The third kappa shape index (κ3) is 5.42. The van der Waals surface area contributed by atoms with Crippen LogP contribution in [0.1, 0.15) is 56.5 Å². The van der Waals surface area contributed by atoms with Crippen molar-refractivity contribution < 1.29 is 19.1 Å². The smallest absolute Gasteiger partial charge is 0.399 e. The van der Waals surface area contributed by atoms with Crippen molar-refractivity contribution in [2.24, 2.45) is 0 Å². The summed E-state index contributed by atoms with van der Waals surface area (Å²) < 4.78 is 5.66. The number of thiophene rings is 1. The van der Waals surface area contributed by atoms with Crippen molar-refractivity contribution in [1.82, 2.24) is 10.2 Å². The van der Waals surface area contributed by atoms with Crippen molar-refractivity contribution in [3.63, 3.8) is 0 Å². The van der Waals surface area contributed by atoms with E-state index in [9.17, 15) is 14.4 Å². The maximum absolute atomic E-state index is 13.0. The van der Waals surface area contributed by atoms with Crippen molar-refractivity contribution in [3.8, 4) is 5.06 Å². The topological polar surface area (TPSA) is 87.7 Å². The molecule has 1 fully saturated rings. The summed E-state index contributed by atoms with van der Waals surface area (Å²) in [5, 5.41) is 5.69. The van der Waals surface area contributed by atoms with E-state index < -0.39 is 17.5 Å². The third-order valence-electron chi connectivity index (χ3n) is 5.63. The second-order valence-corrected chi connectivity index (χ2v) is 10.3. The normalized spacial score (nSPS) is 18.4. The van der Waals surface area contributed by atoms with Crippen LogP contribution in [0.5, 0.6) is 5.06 Å². The molecule has 0 radical (unpaired) electrons. The minimum absolute atomic E-state index is 0.0105. The molecule has 0 bridgehead atoms. The molecule has 2 unspecified atom stereocenters. The molecule has 3 rings (SSSR count). The number of carbonyl (C=O) groups is 3. The van der Waals surface area contributed by atoms with E-state index in [1.807, 2.05) is 11.8 Å². The van der Waals surface area contributed by atoms with Gasteiger partial charge in [0.05, 0.1) is 4.34 Å². The molecular formula is C23H28ClN3O4S. The van der Waals surface area contributed by atoms with Gasteiger partial charge in [-0.05, 0) is 83.4 Å². The molecule has 0 saturated carbocycles. The summed E-state index contributed by atoms with van der Waals surface area (Å²) in [5.41, 5.74) is 0.707. The first-order valence-corrected chi connectivity index (χ1v) is 11.7. The fourth-order valence-corrected chi connectivity index (χ4v) is 4.66. The Morgan fingerprint density at radius 2 is 1.78 bits per heavy atom. The van der Waals surface area contributed by atoms with Crippen LogP contribution in [0.3, 0.4) is 0 Å². The molecule has 2 N–H and O–H groups in total. The minimum atomic E-state index is -1.24. The number of nitrogens with zero attached hydrogens (tertiary/aromatic N) is 1. The molecule has 1 aromatic heterocycles. The van der Waals surface area contributed by atoms with Gasteiger partial charge in [-0.2, -0.15) is 0 Å². The van der Waals surface area contributed by atoms with Crippen LogP contribution in [0, 0.1) is 6.92 Å². The molecule has 9 heteroatoms. The number of rotatable bonds is 5. The van der Waals surface area contributed by atoms with E-state index >= 15 is 0 Å². The highest BCUT2D eigenvalue weighted by Gasteiger charge is 2.33. The molecule has 2 atom stereocenters. The van der Waals surface area contributed by atoms with E-state index in [4.69, 9.17) is 16.3 Å². The van der Waals surface area contributed by atoms with Crippen molar-refractivity contribution in [1.29, 1.82) is 0 Å². The van der Waals surface area contributed by atoms with Gasteiger partial charge in [-0.1, -0.05) is 22.9 Å². The summed E-state index contributed by atoms with van der Waals surface area (Å²) in [6.45, 7) is 9.13. The van der Waals surface area contributed by atoms with Crippen molar-refractivity contribution in [3.05, 3.63) is 45.8 Å². The quantitative estimate of drug-likeness (QED) is 0.617. The van der Waals surface area contributed by atoms with Gasteiger partial charge in [0.2, 0.25) is 5.91 Å². The van der Waals surface area contributed by atoms with Gasteiger partial charge in [-0.15, -0.1) is 0 Å². The lowest BCUT2D eigenvalue weighted by Crippen LogP contribution is -2.53. The number of likely N-dealkylation sites (tertiary alicyclic amines) is 1. The second-order valence-electron chi connectivity index (χ2n) is 8.67. The van der Waals surface area contributed by atoms with Crippen LogP contribution >= 0.6 is 22.9 Å². The number of amides is 3. The van der Waals surface area contributed by atoms with Crippen LogP contribution in [-0.4, -0.2) is 40.4 Å². The molecular weight excluding hydrogens is 450 g/mol. The van der Waals surface area contributed by atoms with Crippen LogP contribution in [0.2, 0.25) is 4.34 Å². The monoisotopic (exact) mass is 477 g/mol. The number of benzene rings is 1. The van der Waals surface area contributed by atoms with Crippen LogP contribution in [0.25, 0.3) is 0 Å². The van der Waals surface area contributed by atoms with Gasteiger partial charge in [-0.25, -0.2) is 4.79 Å². The Morgan fingerprint density at radius 1 is 1.12 bits per heavy atom. The lowest BCUT2D eigenvalue weighted by molar-refractivity contribution is -0.121. The molecule has 2 aromatic rings. The number of halogens is 1. The van der Waals surface area contributed by atoms with Gasteiger partial charge in [0.1, 0.15) is 5.54 Å². The fraction of sp³-hybridized carbons (Fsp3) is 0.435. The molecule has 172 valence electrons. The van der Waals surface area contributed by atoms with E-state index in [1.54, 1.807) is 44.2 Å². The predicted octanol–water partition coefficient (Wildman–Crippen LogP) is 5.23. The van der Waals surface area contributed by atoms with Gasteiger partial charge < -0.3 is 20.3 Å². The Bertz CT molecular complexity index is 1030. The standard InChI is InChI=1S/C23H28ClN3O4S/c1-13-12-16(8-9-17(13)20(28)27-14(2)6-7-15(27)3)25-21(29)23(4,5)26-22(30)31-19-11-10-18(24)32-19/h8-12,14-15H,6-7H2,1-5H3,(H,25,29)(H,26,30). The highest BCUT2D eigenvalue weighted by molar-refractivity contribution is 7.17. The number of hydrogen-bond acceptors (Lipinski definition) is 5. The van der Waals surface area contributed by atoms with E-state index in [-0.39, 0.29) is 18.0 Å². The zero-order valence-electron chi connectivity index (χ0n) is 18.8. The molecule has 1 saturated heterocycles. The van der Waals surface area contributed by atoms with Crippen LogP contribution < -0.4 is 15.4 Å². The average Bonchev–Trinajstić information content (AvgIpc) is 3.25. The van der Waals surface area contributed by atoms with Crippen LogP contribution in [0.15, 0.2) is 30.3 Å². The lowest BCUT2D eigenvalue weighted by Gasteiger charge is -2.27. The number of aryl methyl sites for hydroxylation is 1. The molecule has 1 aliphatic heterocycles. The summed E-state index contributed by atoms with van der Waals surface area (Å²) in [7, 11) is 0. The molecule has 0 spiro atoms. The maximum atomic E-state index is 13.0. The maximum Gasteiger partial charge on any atom is 0.414 e. The Balaban J connectivity index is 1.64. The Morgan fingerprint density at radius 3 is 2.34 bits per heavy atom. The Hall–Kier alpha value is -2.58. The SMILES string of the molecule is Cc1cc(NC(=O)C(C)(C)NC(=O)Oc2ccc(Cl)s2)ccc1C(=O)N1C(C)CCC1C. The summed E-state index contributed by atoms with van der Waals surface area (Å²) >= 11 is 6.95. The van der Waals surface area contributed by atoms with Gasteiger partial charge in [-0.3, -0.25) is 9.59 Å². The molecule has 1 aromatic carbocycles. The number of nitrogens with one attached hydrogen (secondary N) is 2. The van der Waals surface area contributed by atoms with Crippen molar-refractivity contribution in [2.75, 3.05) is 5.32 Å². The average molecular weight is 478 g/mol. The molecule has 1 aliphatic rings. The zero-order valence-corrected chi connectivity index (χ0v) is 20.4. The highest BCUT2D eigenvalue weighted by atomic mass is 35.5. The zero-order chi connectivity index (χ0) is 23.6. The first kappa shape index (κ1) is 24.1. The molecule has 7 nitrogen and oxygen atoms in total. The predicted molar refractivity (Wildman–Crippen MR) is 127 cm³/mol. The molecule has 32 heavy (non-hydrogen) atoms. The van der Waals surface area contributed by atoms with Gasteiger partial charge in [0.25, 0.3) is 5.91 Å². The molecule has 0 aliphatic carbocycles. The summed E-state index contributed by atoms with van der Waals surface area (Å²) in [6, 6.07) is 8.83. The summed E-state index contributed by atoms with van der Waals surface area (Å²) in [6.07, 6.45) is 1.25. The first-order valence-electron chi connectivity index (χ1n) is 10.5. The fourth-order valence-electron chi connectivity index (χ4n) is 3.78. The lowest BCUT2D eigenvalue weighted by atomic mass is 10.0. The Labute approximate surface area is 197 Å². The first-order chi connectivity index (χ1) is 15.0. The van der Waals surface area contributed by atoms with Crippen LogP contribution in [-0.2, 0) is 4.79 Å². The molecule has 3 amide bonds. The van der Waals surface area contributed by atoms with Gasteiger partial charge in [0, 0.05) is 23.3 Å². The minimum Gasteiger partial charge on any atom is -0.399 e. The molecule has 2 heterocycles. The third-order valence-corrected chi connectivity index (χ3v) is 6.73. The second kappa shape index (κ2) is 9.50. The summed E-state index contributed by atoms with van der Waals surface area (Å²) in [5.74, 6) is -0.407. The van der Waals surface area contributed by atoms with E-state index in [1.165, 1.54) is 0 Å². The van der Waals surface area contributed by atoms with E-state index in [0.29, 0.717) is 20.7 Å². The van der Waals surface area contributed by atoms with Crippen molar-refractivity contribution in [2.45, 2.75) is 65.1 Å². The van der Waals surface area contributed by atoms with Crippen LogP contribution in [0.4, 0.5) is 10.5 Å². The number of carbonyl (C=O) groups excluding carboxylic acids is 3. The Kier molecular flexibility index (Phi) is 7.15. The largest absolute Gasteiger partial charge is 0.414 e. The highest BCUT2D eigenvalue weighted by Crippen LogP contribution is 2.29. The van der Waals surface area contributed by atoms with Gasteiger partial charge >= 0.3 is 6.09 Å². The number of anilines is 1. The van der Waals surface area contributed by atoms with E-state index in [2.05, 4.69) is 24.5 Å². The summed E-state index contributed by atoms with van der Waals surface area (Å²) in [4.78, 5) is 39.9.